The number of ether oxygens (including phenoxy) is 1. The van der Waals surface area contributed by atoms with Crippen molar-refractivity contribution in [1.82, 2.24) is 4.90 Å². The van der Waals surface area contributed by atoms with Gasteiger partial charge in [0.25, 0.3) is 0 Å². The van der Waals surface area contributed by atoms with Gasteiger partial charge in [-0.05, 0) is 63.2 Å². The zero-order valence-electron chi connectivity index (χ0n) is 11.9. The average molecular weight is 271 g/mol. The van der Waals surface area contributed by atoms with E-state index in [1.807, 2.05) is 6.07 Å². The lowest BCUT2D eigenvalue weighted by Crippen LogP contribution is -2.63. The Morgan fingerprint density at radius 1 is 1.35 bits per heavy atom. The number of rotatable bonds is 0. The number of benzene rings is 1. The highest BCUT2D eigenvalue weighted by Crippen LogP contribution is 2.63. The van der Waals surface area contributed by atoms with E-state index in [4.69, 9.17) is 4.74 Å². The Hall–Kier alpha value is -1.22. The maximum absolute atomic E-state index is 10.2. The van der Waals surface area contributed by atoms with Crippen LogP contribution >= 0.6 is 0 Å². The molecule has 3 nitrogen and oxygen atoms in total. The predicted octanol–water partition coefficient (Wildman–Crippen LogP) is 2.45. The zero-order valence-corrected chi connectivity index (χ0v) is 11.9. The van der Waals surface area contributed by atoms with Crippen LogP contribution in [0.2, 0.25) is 0 Å². The van der Waals surface area contributed by atoms with Crippen molar-refractivity contribution in [3.05, 3.63) is 23.3 Å². The molecule has 2 aliphatic carbocycles. The van der Waals surface area contributed by atoms with Gasteiger partial charge in [0.1, 0.15) is 6.10 Å². The lowest BCUT2D eigenvalue weighted by atomic mass is 9.52. The van der Waals surface area contributed by atoms with Gasteiger partial charge in [0.15, 0.2) is 11.5 Å². The number of hydrogen-bond acceptors (Lipinski definition) is 3. The highest BCUT2D eigenvalue weighted by Gasteiger charge is 2.62. The molecule has 1 spiro atoms. The number of aromatic hydroxyl groups is 1. The van der Waals surface area contributed by atoms with Gasteiger partial charge in [0.2, 0.25) is 0 Å². The third kappa shape index (κ3) is 1.09. The summed E-state index contributed by atoms with van der Waals surface area (Å²) in [5.41, 5.74) is 3.02. The first-order valence-corrected chi connectivity index (χ1v) is 7.94. The molecule has 1 saturated carbocycles. The Morgan fingerprint density at radius 2 is 2.25 bits per heavy atom. The van der Waals surface area contributed by atoms with Gasteiger partial charge in [-0.1, -0.05) is 6.07 Å². The van der Waals surface area contributed by atoms with E-state index in [0.717, 1.165) is 31.1 Å². The van der Waals surface area contributed by atoms with Crippen LogP contribution in [-0.2, 0) is 11.8 Å². The largest absolute Gasteiger partial charge is 0.504 e. The molecule has 0 amide bonds. The first-order valence-electron chi connectivity index (χ1n) is 7.94. The monoisotopic (exact) mass is 271 g/mol. The number of hydrogen-bond donors (Lipinski definition) is 1. The van der Waals surface area contributed by atoms with Crippen molar-refractivity contribution >= 4 is 0 Å². The van der Waals surface area contributed by atoms with Gasteiger partial charge in [0.05, 0.1) is 0 Å². The van der Waals surface area contributed by atoms with Crippen LogP contribution < -0.4 is 4.74 Å². The third-order valence-corrected chi connectivity index (χ3v) is 6.50. The van der Waals surface area contributed by atoms with E-state index >= 15 is 0 Å². The van der Waals surface area contributed by atoms with Gasteiger partial charge in [-0.3, -0.25) is 0 Å². The van der Waals surface area contributed by atoms with Crippen molar-refractivity contribution in [3.63, 3.8) is 0 Å². The second-order valence-electron chi connectivity index (χ2n) is 7.13. The van der Waals surface area contributed by atoms with Crippen LogP contribution in [0.3, 0.4) is 0 Å². The summed E-state index contributed by atoms with van der Waals surface area (Å²) in [6, 6.07) is 4.63. The fourth-order valence-electron chi connectivity index (χ4n) is 5.71. The Labute approximate surface area is 119 Å². The molecule has 1 N–H and O–H groups in total. The number of likely N-dealkylation sites (N-methyl/N-ethyl adjacent to an activating group) is 1. The fourth-order valence-corrected chi connectivity index (χ4v) is 5.71. The topological polar surface area (TPSA) is 32.7 Å². The summed E-state index contributed by atoms with van der Waals surface area (Å²) in [7, 11) is 2.28. The van der Waals surface area contributed by atoms with Crippen LogP contribution in [0.25, 0.3) is 0 Å². The lowest BCUT2D eigenvalue weighted by molar-refractivity contribution is -0.0426. The van der Waals surface area contributed by atoms with Crippen LogP contribution in [-0.4, -0.2) is 35.7 Å². The van der Waals surface area contributed by atoms with Crippen molar-refractivity contribution in [3.8, 4) is 11.5 Å². The van der Waals surface area contributed by atoms with Crippen LogP contribution in [0, 0.1) is 5.92 Å². The molecule has 1 saturated heterocycles. The van der Waals surface area contributed by atoms with Crippen LogP contribution in [0.15, 0.2) is 12.1 Å². The molecule has 4 aliphatic rings. The first kappa shape index (κ1) is 11.4. The number of nitrogens with zero attached hydrogens (tertiary/aromatic N) is 1. The van der Waals surface area contributed by atoms with Crippen LogP contribution in [0.4, 0.5) is 0 Å². The van der Waals surface area contributed by atoms with Gasteiger partial charge in [-0.15, -0.1) is 0 Å². The maximum atomic E-state index is 10.2. The van der Waals surface area contributed by atoms with E-state index in [0.29, 0.717) is 17.9 Å². The molecule has 5 rings (SSSR count). The number of phenolic OH excluding ortho intramolecular Hbond substituents is 1. The Bertz CT molecular complexity index is 599. The van der Waals surface area contributed by atoms with Gasteiger partial charge in [-0.25, -0.2) is 0 Å². The van der Waals surface area contributed by atoms with Crippen molar-refractivity contribution < 1.29 is 9.84 Å². The molecule has 2 bridgehead atoms. The predicted molar refractivity (Wildman–Crippen MR) is 76.3 cm³/mol. The number of piperidine rings is 1. The molecule has 1 unspecified atom stereocenters. The van der Waals surface area contributed by atoms with E-state index in [1.165, 1.54) is 30.4 Å². The summed E-state index contributed by atoms with van der Waals surface area (Å²) in [6.45, 7) is 1.16. The highest BCUT2D eigenvalue weighted by atomic mass is 16.5. The SMILES string of the molecule is CN1CC[C@]23c4c5ccc(O)c4O[C@H]2CCC[C@H]3C1C5. The van der Waals surface area contributed by atoms with Gasteiger partial charge in [0, 0.05) is 17.0 Å². The molecule has 2 fully saturated rings. The van der Waals surface area contributed by atoms with Crippen molar-refractivity contribution in [2.75, 3.05) is 13.6 Å². The van der Waals surface area contributed by atoms with Crippen LogP contribution in [0.5, 0.6) is 11.5 Å². The van der Waals surface area contributed by atoms with E-state index in [2.05, 4.69) is 18.0 Å². The second kappa shape index (κ2) is 3.51. The minimum atomic E-state index is 0.205. The van der Waals surface area contributed by atoms with Gasteiger partial charge >= 0.3 is 0 Å². The normalized spacial score (nSPS) is 41.1. The lowest BCUT2D eigenvalue weighted by Gasteiger charge is -2.57. The maximum Gasteiger partial charge on any atom is 0.165 e. The highest BCUT2D eigenvalue weighted by molar-refractivity contribution is 5.60. The molecule has 2 heterocycles. The first-order chi connectivity index (χ1) is 9.72. The molecule has 0 radical (unpaired) electrons. The molecule has 4 atom stereocenters. The minimum absolute atomic E-state index is 0.205. The molecule has 0 aromatic heterocycles. The molecular weight excluding hydrogens is 250 g/mol. The van der Waals surface area contributed by atoms with Gasteiger partial charge in [-0.2, -0.15) is 0 Å². The van der Waals surface area contributed by atoms with E-state index in [-0.39, 0.29) is 5.41 Å². The second-order valence-corrected chi connectivity index (χ2v) is 7.13. The average Bonchev–Trinajstić information content (AvgIpc) is 2.79. The van der Waals surface area contributed by atoms with E-state index in [1.54, 1.807) is 0 Å². The third-order valence-electron chi connectivity index (χ3n) is 6.50. The quantitative estimate of drug-likeness (QED) is 0.786. The molecule has 3 heteroatoms. The Kier molecular flexibility index (Phi) is 2.01. The molecule has 1 aromatic rings. The summed E-state index contributed by atoms with van der Waals surface area (Å²) < 4.78 is 6.28. The van der Waals surface area contributed by atoms with E-state index < -0.39 is 0 Å². The van der Waals surface area contributed by atoms with Crippen molar-refractivity contribution in [2.24, 2.45) is 5.92 Å². The summed E-state index contributed by atoms with van der Waals surface area (Å²) in [5, 5.41) is 10.2. The summed E-state index contributed by atoms with van der Waals surface area (Å²) in [4.78, 5) is 2.56. The standard InChI is InChI=1S/C17H21NO2/c1-18-8-7-17-11-3-2-4-14(17)20-16-13(19)6-5-10(15(16)17)9-12(11)18/h5-6,11-12,14,19H,2-4,7-9H2,1H3/t11-,12?,14-,17+/m0/s1. The Morgan fingerprint density at radius 3 is 3.15 bits per heavy atom. The molecular formula is C17H21NO2. The number of phenols is 1. The van der Waals surface area contributed by atoms with Crippen LogP contribution in [0.1, 0.15) is 36.8 Å². The molecule has 1 aromatic carbocycles. The minimum Gasteiger partial charge on any atom is -0.504 e. The summed E-state index contributed by atoms with van der Waals surface area (Å²) in [5.74, 6) is 1.89. The fraction of sp³-hybridized carbons (Fsp3) is 0.647. The smallest absolute Gasteiger partial charge is 0.165 e. The van der Waals surface area contributed by atoms with Gasteiger partial charge < -0.3 is 14.7 Å². The number of likely N-dealkylation sites (tertiary alicyclic amines) is 1. The summed E-state index contributed by atoms with van der Waals surface area (Å²) >= 11 is 0. The van der Waals surface area contributed by atoms with Crippen molar-refractivity contribution in [1.29, 1.82) is 0 Å². The zero-order chi connectivity index (χ0) is 13.5. The molecule has 20 heavy (non-hydrogen) atoms. The Balaban J connectivity index is 1.82. The summed E-state index contributed by atoms with van der Waals surface area (Å²) in [6.07, 6.45) is 6.37. The van der Waals surface area contributed by atoms with Crippen molar-refractivity contribution in [2.45, 2.75) is 49.7 Å². The molecule has 2 aliphatic heterocycles. The molecule has 106 valence electrons. The van der Waals surface area contributed by atoms with E-state index in [9.17, 15) is 5.11 Å².